The van der Waals surface area contributed by atoms with E-state index in [1.54, 1.807) is 0 Å². The minimum atomic E-state index is -1.15. The Morgan fingerprint density at radius 2 is 2.28 bits per heavy atom. The Kier molecular flexibility index (Phi) is 4.98. The maximum atomic E-state index is 11.8. The maximum absolute atomic E-state index is 11.8. The van der Waals surface area contributed by atoms with Gasteiger partial charge in [-0.25, -0.2) is 9.59 Å². The van der Waals surface area contributed by atoms with Gasteiger partial charge in [-0.15, -0.1) is 12.3 Å². The van der Waals surface area contributed by atoms with Crippen LogP contribution in [0.2, 0.25) is 0 Å². The number of hydrogen-bond donors (Lipinski definition) is 3. The Bertz CT molecular complexity index is 364. The zero-order valence-electron chi connectivity index (χ0n) is 10.3. The number of terminal acetylenes is 1. The second-order valence-corrected chi connectivity index (χ2v) is 4.53. The van der Waals surface area contributed by atoms with E-state index in [9.17, 15) is 14.7 Å². The molecule has 0 bridgehead atoms. The Balaban J connectivity index is 2.54. The molecule has 0 aromatic heterocycles. The van der Waals surface area contributed by atoms with Gasteiger partial charge in [-0.05, 0) is 12.3 Å². The molecule has 2 amide bonds. The highest BCUT2D eigenvalue weighted by Crippen LogP contribution is 2.16. The van der Waals surface area contributed by atoms with Crippen molar-refractivity contribution >= 4 is 12.0 Å². The number of carbonyl (C=O) groups is 2. The summed E-state index contributed by atoms with van der Waals surface area (Å²) in [7, 11) is 0. The van der Waals surface area contributed by atoms with Crippen LogP contribution in [0.15, 0.2) is 0 Å². The Hall–Kier alpha value is -1.74. The van der Waals surface area contributed by atoms with Crippen LogP contribution in [0.5, 0.6) is 0 Å². The van der Waals surface area contributed by atoms with Gasteiger partial charge < -0.3 is 20.4 Å². The second kappa shape index (κ2) is 6.26. The summed E-state index contributed by atoms with van der Waals surface area (Å²) < 4.78 is 0. The number of aliphatic hydroxyl groups excluding tert-OH is 1. The largest absolute Gasteiger partial charge is 0.480 e. The number of amides is 2. The average molecular weight is 254 g/mol. The van der Waals surface area contributed by atoms with Crippen LogP contribution < -0.4 is 5.32 Å². The summed E-state index contributed by atoms with van der Waals surface area (Å²) in [6, 6.07) is -1.51. The molecule has 1 aliphatic rings. The van der Waals surface area contributed by atoms with Crippen molar-refractivity contribution in [3.8, 4) is 12.3 Å². The lowest BCUT2D eigenvalue weighted by atomic mass is 9.97. The van der Waals surface area contributed by atoms with Crippen molar-refractivity contribution in [2.45, 2.75) is 31.9 Å². The highest BCUT2D eigenvalue weighted by atomic mass is 16.4. The fourth-order valence-electron chi connectivity index (χ4n) is 1.88. The number of aliphatic hydroxyl groups is 1. The maximum Gasteiger partial charge on any atom is 0.327 e. The first kappa shape index (κ1) is 14.3. The number of aliphatic carboxylic acids is 1. The molecule has 0 radical (unpaired) electrons. The Labute approximate surface area is 106 Å². The zero-order chi connectivity index (χ0) is 13.7. The van der Waals surface area contributed by atoms with Gasteiger partial charge in [0.2, 0.25) is 0 Å². The number of carboxylic acids is 1. The van der Waals surface area contributed by atoms with Gasteiger partial charge in [0.15, 0.2) is 0 Å². The summed E-state index contributed by atoms with van der Waals surface area (Å²) in [5.41, 5.74) is 0. The lowest BCUT2D eigenvalue weighted by molar-refractivity contribution is -0.139. The van der Waals surface area contributed by atoms with Crippen molar-refractivity contribution in [1.29, 1.82) is 0 Å². The van der Waals surface area contributed by atoms with E-state index in [-0.39, 0.29) is 12.3 Å². The van der Waals surface area contributed by atoms with E-state index >= 15 is 0 Å². The molecular weight excluding hydrogens is 236 g/mol. The quantitative estimate of drug-likeness (QED) is 0.612. The second-order valence-electron chi connectivity index (χ2n) is 4.53. The van der Waals surface area contributed by atoms with Gasteiger partial charge in [0, 0.05) is 19.5 Å². The van der Waals surface area contributed by atoms with Crippen molar-refractivity contribution in [3.05, 3.63) is 0 Å². The molecule has 0 aliphatic carbocycles. The number of urea groups is 1. The van der Waals surface area contributed by atoms with Gasteiger partial charge in [0.1, 0.15) is 6.04 Å². The van der Waals surface area contributed by atoms with Gasteiger partial charge >= 0.3 is 12.0 Å². The molecule has 1 fully saturated rings. The Morgan fingerprint density at radius 1 is 1.61 bits per heavy atom. The minimum absolute atomic E-state index is 0.0135. The molecule has 1 saturated heterocycles. The van der Waals surface area contributed by atoms with E-state index in [0.717, 1.165) is 0 Å². The number of nitrogens with one attached hydrogen (secondary N) is 1. The van der Waals surface area contributed by atoms with E-state index in [0.29, 0.717) is 19.5 Å². The highest BCUT2D eigenvalue weighted by Gasteiger charge is 2.29. The minimum Gasteiger partial charge on any atom is -0.480 e. The third-order valence-corrected chi connectivity index (χ3v) is 3.06. The summed E-state index contributed by atoms with van der Waals surface area (Å²) in [5.74, 6) is 1.06. The lowest BCUT2D eigenvalue weighted by Crippen LogP contribution is -2.52. The van der Waals surface area contributed by atoms with Crippen LogP contribution in [0.1, 0.15) is 19.8 Å². The highest BCUT2D eigenvalue weighted by molar-refractivity contribution is 5.82. The van der Waals surface area contributed by atoms with E-state index < -0.39 is 24.1 Å². The average Bonchev–Trinajstić information content (AvgIpc) is 2.31. The molecule has 100 valence electrons. The van der Waals surface area contributed by atoms with Gasteiger partial charge in [0.05, 0.1) is 6.10 Å². The smallest absolute Gasteiger partial charge is 0.327 e. The van der Waals surface area contributed by atoms with Crippen LogP contribution in [0.25, 0.3) is 0 Å². The molecule has 0 aromatic carbocycles. The molecule has 6 nitrogen and oxygen atoms in total. The van der Waals surface area contributed by atoms with Crippen molar-refractivity contribution < 1.29 is 19.8 Å². The fourth-order valence-corrected chi connectivity index (χ4v) is 1.88. The van der Waals surface area contributed by atoms with Crippen LogP contribution in [-0.2, 0) is 4.79 Å². The monoisotopic (exact) mass is 254 g/mol. The third-order valence-electron chi connectivity index (χ3n) is 3.06. The molecule has 3 N–H and O–H groups in total. The topological polar surface area (TPSA) is 89.9 Å². The third kappa shape index (κ3) is 3.64. The zero-order valence-corrected chi connectivity index (χ0v) is 10.3. The molecule has 18 heavy (non-hydrogen) atoms. The first-order valence-corrected chi connectivity index (χ1v) is 5.85. The number of carbonyl (C=O) groups excluding carboxylic acids is 1. The summed E-state index contributed by atoms with van der Waals surface area (Å²) in [5, 5.41) is 20.8. The number of piperidine rings is 1. The van der Waals surface area contributed by atoms with Crippen LogP contribution >= 0.6 is 0 Å². The van der Waals surface area contributed by atoms with E-state index in [1.165, 1.54) is 4.90 Å². The molecule has 3 atom stereocenters. The summed E-state index contributed by atoms with van der Waals surface area (Å²) in [4.78, 5) is 24.2. The molecule has 3 unspecified atom stereocenters. The molecule has 1 rings (SSSR count). The van der Waals surface area contributed by atoms with Gasteiger partial charge in [-0.3, -0.25) is 0 Å². The molecule has 0 saturated carbocycles. The lowest BCUT2D eigenvalue weighted by Gasteiger charge is -2.34. The fraction of sp³-hybridized carbons (Fsp3) is 0.667. The number of rotatable bonds is 3. The molecule has 0 aromatic rings. The van der Waals surface area contributed by atoms with Gasteiger partial charge in [-0.2, -0.15) is 0 Å². The number of carboxylic acid groups (broad SMARTS) is 1. The standard InChI is InChI=1S/C12H18N2O4/c1-3-4-9(11(16)17)13-12(18)14-6-5-10(15)8(2)7-14/h1,8-10,15H,4-7H2,2H3,(H,13,18)(H,16,17). The van der Waals surface area contributed by atoms with Crippen molar-refractivity contribution in [2.75, 3.05) is 13.1 Å². The van der Waals surface area contributed by atoms with Gasteiger partial charge in [0.25, 0.3) is 0 Å². The predicted octanol–water partition coefficient (Wildman–Crippen LogP) is -0.125. The van der Waals surface area contributed by atoms with E-state index in [4.69, 9.17) is 11.5 Å². The summed E-state index contributed by atoms with van der Waals surface area (Å²) >= 11 is 0. The SMILES string of the molecule is C#CCC(NC(=O)N1CCC(O)C(C)C1)C(=O)O. The number of nitrogens with zero attached hydrogens (tertiary/aromatic N) is 1. The Morgan fingerprint density at radius 3 is 2.78 bits per heavy atom. The molecule has 0 spiro atoms. The molecule has 6 heteroatoms. The molecular formula is C12H18N2O4. The molecule has 1 aliphatic heterocycles. The first-order valence-electron chi connectivity index (χ1n) is 5.85. The summed E-state index contributed by atoms with van der Waals surface area (Å²) in [6.07, 6.45) is 5.10. The van der Waals surface area contributed by atoms with Crippen LogP contribution in [0, 0.1) is 18.3 Å². The van der Waals surface area contributed by atoms with Crippen molar-refractivity contribution in [3.63, 3.8) is 0 Å². The summed E-state index contributed by atoms with van der Waals surface area (Å²) in [6.45, 7) is 2.68. The van der Waals surface area contributed by atoms with E-state index in [1.807, 2.05) is 6.92 Å². The van der Waals surface area contributed by atoms with Crippen LogP contribution in [-0.4, -0.2) is 52.3 Å². The number of hydrogen-bond acceptors (Lipinski definition) is 3. The van der Waals surface area contributed by atoms with Crippen LogP contribution in [0.4, 0.5) is 4.79 Å². The van der Waals surface area contributed by atoms with Crippen molar-refractivity contribution in [2.24, 2.45) is 5.92 Å². The molecule has 1 heterocycles. The first-order chi connectivity index (χ1) is 8.45. The van der Waals surface area contributed by atoms with Gasteiger partial charge in [-0.1, -0.05) is 6.92 Å². The number of likely N-dealkylation sites (tertiary alicyclic amines) is 1. The van der Waals surface area contributed by atoms with Crippen molar-refractivity contribution in [1.82, 2.24) is 10.2 Å². The van der Waals surface area contributed by atoms with E-state index in [2.05, 4.69) is 11.2 Å². The predicted molar refractivity (Wildman–Crippen MR) is 64.8 cm³/mol. The van der Waals surface area contributed by atoms with Crippen LogP contribution in [0.3, 0.4) is 0 Å². The normalized spacial score (nSPS) is 25.1.